The lowest BCUT2D eigenvalue weighted by atomic mass is 10.2. The van der Waals surface area contributed by atoms with E-state index in [1.54, 1.807) is 32.4 Å². The van der Waals surface area contributed by atoms with Crippen molar-refractivity contribution in [1.29, 1.82) is 0 Å². The van der Waals surface area contributed by atoms with Crippen molar-refractivity contribution >= 4 is 11.7 Å². The fourth-order valence-electron chi connectivity index (χ4n) is 1.97. The van der Waals surface area contributed by atoms with Crippen molar-refractivity contribution in [2.24, 2.45) is 0 Å². The molecule has 1 aromatic rings. The van der Waals surface area contributed by atoms with E-state index in [0.717, 1.165) is 25.9 Å². The van der Waals surface area contributed by atoms with E-state index >= 15 is 0 Å². The predicted molar refractivity (Wildman–Crippen MR) is 80.7 cm³/mol. The second kappa shape index (κ2) is 8.30. The number of benzene rings is 1. The average Bonchev–Trinajstić information content (AvgIpc) is 2.46. The summed E-state index contributed by atoms with van der Waals surface area (Å²) in [6.07, 6.45) is 1.89. The van der Waals surface area contributed by atoms with Gasteiger partial charge in [-0.15, -0.1) is 0 Å². The maximum Gasteiger partial charge on any atom is 0.321 e. The van der Waals surface area contributed by atoms with E-state index in [9.17, 15) is 4.79 Å². The summed E-state index contributed by atoms with van der Waals surface area (Å²) in [5, 5.41) is 2.89. The molecule has 0 spiro atoms. The van der Waals surface area contributed by atoms with Crippen molar-refractivity contribution in [1.82, 2.24) is 4.90 Å². The molecule has 5 heteroatoms. The van der Waals surface area contributed by atoms with E-state index in [-0.39, 0.29) is 6.03 Å². The van der Waals surface area contributed by atoms with E-state index in [2.05, 4.69) is 19.2 Å². The summed E-state index contributed by atoms with van der Waals surface area (Å²) in [5.74, 6) is 1.24. The Labute approximate surface area is 120 Å². The lowest BCUT2D eigenvalue weighted by Crippen LogP contribution is -2.36. The average molecular weight is 280 g/mol. The quantitative estimate of drug-likeness (QED) is 0.833. The van der Waals surface area contributed by atoms with Crippen LogP contribution in [0.5, 0.6) is 11.5 Å². The first-order valence-corrected chi connectivity index (χ1v) is 6.94. The van der Waals surface area contributed by atoms with Gasteiger partial charge in [0.05, 0.1) is 14.2 Å². The third kappa shape index (κ3) is 4.33. The van der Waals surface area contributed by atoms with Crippen LogP contribution in [0.25, 0.3) is 0 Å². The fraction of sp³-hybridized carbons (Fsp3) is 0.533. The minimum absolute atomic E-state index is 0.0825. The number of carbonyl (C=O) groups excluding carboxylic acids is 1. The maximum atomic E-state index is 12.2. The monoisotopic (exact) mass is 280 g/mol. The van der Waals surface area contributed by atoms with Crippen molar-refractivity contribution in [2.75, 3.05) is 32.6 Å². The van der Waals surface area contributed by atoms with Gasteiger partial charge in [0, 0.05) is 24.8 Å². The summed E-state index contributed by atoms with van der Waals surface area (Å²) in [6.45, 7) is 5.64. The van der Waals surface area contributed by atoms with Crippen LogP contribution in [0.1, 0.15) is 26.7 Å². The van der Waals surface area contributed by atoms with Gasteiger partial charge in [0.2, 0.25) is 0 Å². The Morgan fingerprint density at radius 1 is 1.10 bits per heavy atom. The van der Waals surface area contributed by atoms with Gasteiger partial charge in [0.15, 0.2) is 11.5 Å². The Kier molecular flexibility index (Phi) is 6.70. The lowest BCUT2D eigenvalue weighted by molar-refractivity contribution is 0.211. The third-order valence-corrected chi connectivity index (χ3v) is 2.91. The number of carbonyl (C=O) groups is 1. The van der Waals surface area contributed by atoms with E-state index in [4.69, 9.17) is 9.47 Å². The van der Waals surface area contributed by atoms with Crippen LogP contribution in [0.15, 0.2) is 18.2 Å². The SMILES string of the molecule is CCCN(CCC)C(=O)Nc1ccc(OC)c(OC)c1. The Hall–Kier alpha value is -1.91. The van der Waals surface area contributed by atoms with Gasteiger partial charge < -0.3 is 19.7 Å². The van der Waals surface area contributed by atoms with Gasteiger partial charge in [-0.3, -0.25) is 0 Å². The van der Waals surface area contributed by atoms with Crippen molar-refractivity contribution in [2.45, 2.75) is 26.7 Å². The first kappa shape index (κ1) is 16.1. The number of anilines is 1. The van der Waals surface area contributed by atoms with Crippen LogP contribution in [0.3, 0.4) is 0 Å². The van der Waals surface area contributed by atoms with Crippen LogP contribution in [-0.4, -0.2) is 38.2 Å². The molecule has 0 unspecified atom stereocenters. The summed E-state index contributed by atoms with van der Waals surface area (Å²) in [5.41, 5.74) is 0.699. The van der Waals surface area contributed by atoms with Gasteiger partial charge in [-0.2, -0.15) is 0 Å². The van der Waals surface area contributed by atoms with Crippen LogP contribution >= 0.6 is 0 Å². The standard InChI is InChI=1S/C15H24N2O3/c1-5-9-17(10-6-2)15(18)16-12-7-8-13(19-3)14(11-12)20-4/h7-8,11H,5-6,9-10H2,1-4H3,(H,16,18). The molecule has 0 atom stereocenters. The number of rotatable bonds is 7. The number of methoxy groups -OCH3 is 2. The second-order valence-corrected chi connectivity index (χ2v) is 4.49. The summed E-state index contributed by atoms with van der Waals surface area (Å²) in [6, 6.07) is 5.25. The maximum absolute atomic E-state index is 12.2. The molecular weight excluding hydrogens is 256 g/mol. The van der Waals surface area contributed by atoms with Gasteiger partial charge in [-0.25, -0.2) is 4.79 Å². The summed E-state index contributed by atoms with van der Waals surface area (Å²) in [7, 11) is 3.16. The van der Waals surface area contributed by atoms with Crippen LogP contribution in [0.4, 0.5) is 10.5 Å². The topological polar surface area (TPSA) is 50.8 Å². The summed E-state index contributed by atoms with van der Waals surface area (Å²) >= 11 is 0. The normalized spacial score (nSPS) is 10.0. The van der Waals surface area contributed by atoms with Gasteiger partial charge in [-0.1, -0.05) is 13.8 Å². The van der Waals surface area contributed by atoms with E-state index < -0.39 is 0 Å². The molecule has 1 rings (SSSR count). The molecule has 1 N–H and O–H groups in total. The van der Waals surface area contributed by atoms with Crippen molar-refractivity contribution in [3.63, 3.8) is 0 Å². The van der Waals surface area contributed by atoms with Crippen LogP contribution < -0.4 is 14.8 Å². The second-order valence-electron chi connectivity index (χ2n) is 4.49. The molecule has 0 bridgehead atoms. The molecular formula is C15H24N2O3. The van der Waals surface area contributed by atoms with Crippen LogP contribution in [0, 0.1) is 0 Å². The van der Waals surface area contributed by atoms with Crippen molar-refractivity contribution < 1.29 is 14.3 Å². The molecule has 0 saturated carbocycles. The van der Waals surface area contributed by atoms with E-state index in [1.807, 2.05) is 4.90 Å². The Balaban J connectivity index is 2.78. The highest BCUT2D eigenvalue weighted by molar-refractivity contribution is 5.89. The predicted octanol–water partition coefficient (Wildman–Crippen LogP) is 3.36. The van der Waals surface area contributed by atoms with Crippen molar-refractivity contribution in [3.05, 3.63) is 18.2 Å². The highest BCUT2D eigenvalue weighted by atomic mass is 16.5. The Morgan fingerprint density at radius 3 is 2.20 bits per heavy atom. The molecule has 0 aliphatic carbocycles. The van der Waals surface area contributed by atoms with E-state index in [0.29, 0.717) is 17.2 Å². The molecule has 0 saturated heterocycles. The minimum Gasteiger partial charge on any atom is -0.493 e. The summed E-state index contributed by atoms with van der Waals surface area (Å²) in [4.78, 5) is 14.0. The zero-order valence-electron chi connectivity index (χ0n) is 12.7. The van der Waals surface area contributed by atoms with Crippen molar-refractivity contribution in [3.8, 4) is 11.5 Å². The van der Waals surface area contributed by atoms with Crippen LogP contribution in [0.2, 0.25) is 0 Å². The number of ether oxygens (including phenoxy) is 2. The molecule has 112 valence electrons. The first-order chi connectivity index (χ1) is 9.65. The molecule has 0 fully saturated rings. The minimum atomic E-state index is -0.0825. The molecule has 0 aromatic heterocycles. The third-order valence-electron chi connectivity index (χ3n) is 2.91. The molecule has 2 amide bonds. The molecule has 0 heterocycles. The Morgan fingerprint density at radius 2 is 1.70 bits per heavy atom. The van der Waals surface area contributed by atoms with Gasteiger partial charge in [0.1, 0.15) is 0 Å². The smallest absolute Gasteiger partial charge is 0.321 e. The van der Waals surface area contributed by atoms with Gasteiger partial charge in [-0.05, 0) is 25.0 Å². The molecule has 5 nitrogen and oxygen atoms in total. The first-order valence-electron chi connectivity index (χ1n) is 6.94. The highest BCUT2D eigenvalue weighted by Gasteiger charge is 2.13. The number of nitrogens with zero attached hydrogens (tertiary/aromatic N) is 1. The molecule has 0 radical (unpaired) electrons. The molecule has 0 aliphatic rings. The zero-order valence-corrected chi connectivity index (χ0v) is 12.7. The molecule has 1 aromatic carbocycles. The number of hydrogen-bond donors (Lipinski definition) is 1. The van der Waals surface area contributed by atoms with E-state index in [1.165, 1.54) is 0 Å². The summed E-state index contributed by atoms with van der Waals surface area (Å²) < 4.78 is 10.4. The molecule has 20 heavy (non-hydrogen) atoms. The zero-order chi connectivity index (χ0) is 15.0. The van der Waals surface area contributed by atoms with Gasteiger partial charge >= 0.3 is 6.03 Å². The highest BCUT2D eigenvalue weighted by Crippen LogP contribution is 2.29. The molecule has 0 aliphatic heterocycles. The van der Waals surface area contributed by atoms with Crippen LogP contribution in [-0.2, 0) is 0 Å². The number of hydrogen-bond acceptors (Lipinski definition) is 3. The number of urea groups is 1. The number of nitrogens with one attached hydrogen (secondary N) is 1. The van der Waals surface area contributed by atoms with Gasteiger partial charge in [0.25, 0.3) is 0 Å². The lowest BCUT2D eigenvalue weighted by Gasteiger charge is -2.22. The number of amides is 2. The fourth-order valence-corrected chi connectivity index (χ4v) is 1.97. The largest absolute Gasteiger partial charge is 0.493 e. The Bertz CT molecular complexity index is 429.